The molecular weight excluding hydrogens is 256 g/mol. The number of carboxylic acid groups (broad SMARTS) is 1. The smallest absolute Gasteiger partial charge is 0.303 e. The number of aliphatic carboxylic acids is 1. The molecule has 1 rings (SSSR count). The zero-order valence-electron chi connectivity index (χ0n) is 12.2. The molecule has 0 fully saturated rings. The lowest BCUT2D eigenvalue weighted by Gasteiger charge is -2.32. The molecule has 1 atom stereocenters. The third-order valence-corrected chi connectivity index (χ3v) is 3.14. The predicted molar refractivity (Wildman–Crippen MR) is 78.8 cm³/mol. The summed E-state index contributed by atoms with van der Waals surface area (Å²) in [7, 11) is 3.44. The van der Waals surface area contributed by atoms with Gasteiger partial charge in [0.15, 0.2) is 0 Å². The molecule has 1 aromatic rings. The molecule has 20 heavy (non-hydrogen) atoms. The minimum absolute atomic E-state index is 0.00387. The molecule has 0 spiro atoms. The number of rotatable bonds is 7. The number of carbonyl (C=O) groups is 2. The highest BCUT2D eigenvalue weighted by molar-refractivity contribution is 5.84. The van der Waals surface area contributed by atoms with Crippen LogP contribution >= 0.6 is 0 Å². The Morgan fingerprint density at radius 2 is 1.80 bits per heavy atom. The van der Waals surface area contributed by atoms with E-state index in [1.54, 1.807) is 19.0 Å². The van der Waals surface area contributed by atoms with Gasteiger partial charge >= 0.3 is 5.97 Å². The van der Waals surface area contributed by atoms with Gasteiger partial charge in [-0.2, -0.15) is 0 Å². The highest BCUT2D eigenvalue weighted by atomic mass is 16.4. The third kappa shape index (κ3) is 4.57. The maximum atomic E-state index is 12.1. The number of para-hydroxylation sites is 1. The molecule has 5 nitrogen and oxygen atoms in total. The number of likely N-dealkylation sites (N-methyl/N-ethyl adjacent to an activating group) is 1. The Kier molecular flexibility index (Phi) is 6.03. The van der Waals surface area contributed by atoms with Crippen molar-refractivity contribution in [2.24, 2.45) is 0 Å². The monoisotopic (exact) mass is 278 g/mol. The van der Waals surface area contributed by atoms with E-state index in [1.165, 1.54) is 0 Å². The van der Waals surface area contributed by atoms with Crippen molar-refractivity contribution < 1.29 is 14.7 Å². The van der Waals surface area contributed by atoms with Gasteiger partial charge in [0.05, 0.1) is 0 Å². The van der Waals surface area contributed by atoms with Crippen LogP contribution in [0, 0.1) is 0 Å². The largest absolute Gasteiger partial charge is 0.481 e. The first-order valence-corrected chi connectivity index (χ1v) is 6.68. The minimum Gasteiger partial charge on any atom is -0.481 e. The second-order valence-electron chi connectivity index (χ2n) is 4.93. The summed E-state index contributed by atoms with van der Waals surface area (Å²) in [5.74, 6) is -0.811. The van der Waals surface area contributed by atoms with E-state index in [0.717, 1.165) is 5.69 Å². The lowest BCUT2D eigenvalue weighted by atomic mass is 10.1. The maximum absolute atomic E-state index is 12.1. The molecule has 1 amide bonds. The predicted octanol–water partition coefficient (Wildman–Crippen LogP) is 1.83. The summed E-state index contributed by atoms with van der Waals surface area (Å²) >= 11 is 0. The molecule has 1 N–H and O–H groups in total. The fraction of sp³-hybridized carbons (Fsp3) is 0.467. The van der Waals surface area contributed by atoms with Crippen molar-refractivity contribution in [1.29, 1.82) is 0 Å². The summed E-state index contributed by atoms with van der Waals surface area (Å²) < 4.78 is 0. The zero-order valence-corrected chi connectivity index (χ0v) is 12.2. The molecular formula is C15H22N2O3. The Bertz CT molecular complexity index is 446. The van der Waals surface area contributed by atoms with E-state index in [1.807, 2.05) is 42.2 Å². The number of amides is 1. The molecule has 0 saturated carbocycles. The van der Waals surface area contributed by atoms with E-state index < -0.39 is 5.97 Å². The van der Waals surface area contributed by atoms with Crippen molar-refractivity contribution in [2.45, 2.75) is 25.8 Å². The van der Waals surface area contributed by atoms with E-state index in [9.17, 15) is 9.59 Å². The topological polar surface area (TPSA) is 60.9 Å². The fourth-order valence-electron chi connectivity index (χ4n) is 2.07. The number of hydrogen-bond donors (Lipinski definition) is 1. The Labute approximate surface area is 119 Å². The quantitative estimate of drug-likeness (QED) is 0.826. The van der Waals surface area contributed by atoms with Gasteiger partial charge in [0.25, 0.3) is 0 Å². The average molecular weight is 278 g/mol. The van der Waals surface area contributed by atoms with Crippen molar-refractivity contribution in [1.82, 2.24) is 4.90 Å². The van der Waals surface area contributed by atoms with E-state index in [4.69, 9.17) is 5.11 Å². The number of anilines is 1. The standard InChI is InChI=1S/C15H22N2O3/c1-12(15(20)16(2)3)17(11-7-10-14(18)19)13-8-5-4-6-9-13/h4-6,8-9,12H,7,10-11H2,1-3H3,(H,18,19). The van der Waals surface area contributed by atoms with E-state index >= 15 is 0 Å². The summed E-state index contributed by atoms with van der Waals surface area (Å²) in [5, 5.41) is 8.74. The SMILES string of the molecule is CC(C(=O)N(C)C)N(CCCC(=O)O)c1ccccc1. The van der Waals surface area contributed by atoms with Gasteiger partial charge in [0.2, 0.25) is 5.91 Å². The maximum Gasteiger partial charge on any atom is 0.303 e. The van der Waals surface area contributed by atoms with Crippen molar-refractivity contribution in [3.8, 4) is 0 Å². The van der Waals surface area contributed by atoms with E-state index in [0.29, 0.717) is 13.0 Å². The van der Waals surface area contributed by atoms with Crippen LogP contribution in [0.4, 0.5) is 5.69 Å². The molecule has 1 aromatic carbocycles. The molecule has 5 heteroatoms. The lowest BCUT2D eigenvalue weighted by Crippen LogP contribution is -2.45. The van der Waals surface area contributed by atoms with Gasteiger partial charge < -0.3 is 14.9 Å². The first-order chi connectivity index (χ1) is 9.43. The lowest BCUT2D eigenvalue weighted by molar-refractivity contribution is -0.137. The second kappa shape index (κ2) is 7.53. The van der Waals surface area contributed by atoms with Crippen LogP contribution in [-0.2, 0) is 9.59 Å². The average Bonchev–Trinajstić information content (AvgIpc) is 2.42. The van der Waals surface area contributed by atoms with Gasteiger partial charge in [0.1, 0.15) is 6.04 Å². The molecule has 0 radical (unpaired) electrons. The van der Waals surface area contributed by atoms with Crippen LogP contribution in [-0.4, -0.2) is 48.6 Å². The van der Waals surface area contributed by atoms with Gasteiger partial charge in [0, 0.05) is 32.7 Å². The molecule has 0 aromatic heterocycles. The number of carboxylic acids is 1. The number of nitrogens with zero attached hydrogens (tertiary/aromatic N) is 2. The van der Waals surface area contributed by atoms with Crippen LogP contribution in [0.5, 0.6) is 0 Å². The Balaban J connectivity index is 2.84. The van der Waals surface area contributed by atoms with E-state index in [2.05, 4.69) is 0 Å². The Hall–Kier alpha value is -2.04. The normalized spacial score (nSPS) is 11.8. The highest BCUT2D eigenvalue weighted by Crippen LogP contribution is 2.18. The van der Waals surface area contributed by atoms with Crippen LogP contribution in [0.3, 0.4) is 0 Å². The minimum atomic E-state index is -0.815. The van der Waals surface area contributed by atoms with Gasteiger partial charge in [-0.1, -0.05) is 18.2 Å². The molecule has 0 aliphatic heterocycles. The fourth-order valence-corrected chi connectivity index (χ4v) is 2.07. The summed E-state index contributed by atoms with van der Waals surface area (Å²) in [5.41, 5.74) is 0.931. The van der Waals surface area contributed by atoms with Gasteiger partial charge in [-0.05, 0) is 25.5 Å². The second-order valence-corrected chi connectivity index (χ2v) is 4.93. The molecule has 0 aliphatic carbocycles. The first-order valence-electron chi connectivity index (χ1n) is 6.68. The van der Waals surface area contributed by atoms with Crippen molar-refractivity contribution in [3.63, 3.8) is 0 Å². The van der Waals surface area contributed by atoms with Gasteiger partial charge in [-0.25, -0.2) is 0 Å². The molecule has 1 unspecified atom stereocenters. The van der Waals surface area contributed by atoms with Crippen molar-refractivity contribution >= 4 is 17.6 Å². The number of benzene rings is 1. The molecule has 110 valence electrons. The van der Waals surface area contributed by atoms with Crippen LogP contribution in [0.2, 0.25) is 0 Å². The van der Waals surface area contributed by atoms with Crippen LogP contribution < -0.4 is 4.90 Å². The van der Waals surface area contributed by atoms with Crippen molar-refractivity contribution in [2.75, 3.05) is 25.5 Å². The van der Waals surface area contributed by atoms with Crippen LogP contribution in [0.15, 0.2) is 30.3 Å². The summed E-state index contributed by atoms with van der Waals surface area (Å²) in [4.78, 5) is 26.3. The molecule has 0 saturated heterocycles. The molecule has 0 aliphatic rings. The van der Waals surface area contributed by atoms with Crippen LogP contribution in [0.25, 0.3) is 0 Å². The summed E-state index contributed by atoms with van der Waals surface area (Å²) in [6.07, 6.45) is 0.613. The van der Waals surface area contributed by atoms with Crippen LogP contribution in [0.1, 0.15) is 19.8 Å². The van der Waals surface area contributed by atoms with E-state index in [-0.39, 0.29) is 18.4 Å². The first kappa shape index (κ1) is 16.0. The van der Waals surface area contributed by atoms with Gasteiger partial charge in [-0.15, -0.1) is 0 Å². The summed E-state index contributed by atoms with van der Waals surface area (Å²) in [6.45, 7) is 2.38. The summed E-state index contributed by atoms with van der Waals surface area (Å²) in [6, 6.07) is 9.28. The Morgan fingerprint density at radius 3 is 2.30 bits per heavy atom. The molecule has 0 heterocycles. The third-order valence-electron chi connectivity index (χ3n) is 3.14. The van der Waals surface area contributed by atoms with Gasteiger partial charge in [-0.3, -0.25) is 9.59 Å². The zero-order chi connectivity index (χ0) is 15.1. The number of hydrogen-bond acceptors (Lipinski definition) is 3. The Morgan fingerprint density at radius 1 is 1.20 bits per heavy atom. The van der Waals surface area contributed by atoms with Crippen molar-refractivity contribution in [3.05, 3.63) is 30.3 Å². The highest BCUT2D eigenvalue weighted by Gasteiger charge is 2.22. The number of carbonyl (C=O) groups excluding carboxylic acids is 1. The molecule has 0 bridgehead atoms.